The van der Waals surface area contributed by atoms with Crippen LogP contribution in [0.2, 0.25) is 5.02 Å². The Morgan fingerprint density at radius 3 is 2.71 bits per heavy atom. The predicted octanol–water partition coefficient (Wildman–Crippen LogP) is 1.11. The molecule has 8 heteroatoms. The van der Waals surface area contributed by atoms with Gasteiger partial charge in [-0.25, -0.2) is 9.78 Å². The van der Waals surface area contributed by atoms with Gasteiger partial charge in [0.2, 0.25) is 0 Å². The number of hydrogen-bond donors (Lipinski definition) is 2. The molecule has 0 atom stereocenters. The van der Waals surface area contributed by atoms with Crippen molar-refractivity contribution in [2.45, 2.75) is 6.92 Å². The first-order valence-electron chi connectivity index (χ1n) is 4.68. The molecule has 2 heterocycles. The Morgan fingerprint density at radius 2 is 2.12 bits per heavy atom. The van der Waals surface area contributed by atoms with Crippen LogP contribution in [0.25, 0.3) is 5.82 Å². The Labute approximate surface area is 102 Å². The zero-order valence-electron chi connectivity index (χ0n) is 8.88. The third-order valence-electron chi connectivity index (χ3n) is 2.01. The second-order valence-electron chi connectivity index (χ2n) is 3.23. The summed E-state index contributed by atoms with van der Waals surface area (Å²) in [6.07, 6.45) is 3.03. The third kappa shape index (κ3) is 2.34. The maximum absolute atomic E-state index is 10.8. The van der Waals surface area contributed by atoms with Gasteiger partial charge in [0.15, 0.2) is 5.82 Å². The molecular weight excluding hydrogens is 244 g/mol. The van der Waals surface area contributed by atoms with Crippen molar-refractivity contribution in [3.05, 3.63) is 29.2 Å². The van der Waals surface area contributed by atoms with Crippen molar-refractivity contribution in [3.8, 4) is 5.82 Å². The maximum atomic E-state index is 10.8. The number of aromatic nitrogens is 4. The van der Waals surface area contributed by atoms with E-state index in [1.54, 1.807) is 13.0 Å². The lowest BCUT2D eigenvalue weighted by Gasteiger charge is -2.09. The number of urea groups is 1. The molecule has 0 aliphatic carbocycles. The summed E-state index contributed by atoms with van der Waals surface area (Å²) in [6, 6.07) is 0.879. The molecule has 88 valence electrons. The zero-order valence-corrected chi connectivity index (χ0v) is 9.64. The number of halogens is 1. The second kappa shape index (κ2) is 4.38. The van der Waals surface area contributed by atoms with Crippen LogP contribution in [-0.4, -0.2) is 26.0 Å². The summed E-state index contributed by atoms with van der Waals surface area (Å²) in [6.45, 7) is 1.72. The Hall–Kier alpha value is -2.15. The lowest BCUT2D eigenvalue weighted by molar-refractivity contribution is 0.259. The van der Waals surface area contributed by atoms with Gasteiger partial charge < -0.3 is 11.1 Å². The van der Waals surface area contributed by atoms with E-state index in [0.29, 0.717) is 22.2 Å². The van der Waals surface area contributed by atoms with Crippen molar-refractivity contribution in [1.82, 2.24) is 20.0 Å². The first-order chi connectivity index (χ1) is 8.08. The van der Waals surface area contributed by atoms with Crippen molar-refractivity contribution in [2.75, 3.05) is 5.32 Å². The van der Waals surface area contributed by atoms with E-state index in [0.717, 1.165) is 0 Å². The third-order valence-corrected chi connectivity index (χ3v) is 2.29. The lowest BCUT2D eigenvalue weighted by atomic mass is 10.3. The molecule has 2 aromatic rings. The molecule has 0 aliphatic rings. The number of rotatable bonds is 2. The largest absolute Gasteiger partial charge is 0.351 e. The van der Waals surface area contributed by atoms with Crippen LogP contribution in [0, 0.1) is 6.92 Å². The number of anilines is 1. The molecule has 0 spiro atoms. The fourth-order valence-electron chi connectivity index (χ4n) is 1.29. The van der Waals surface area contributed by atoms with E-state index in [9.17, 15) is 4.79 Å². The summed E-state index contributed by atoms with van der Waals surface area (Å²) in [7, 11) is 0. The Balaban J connectivity index is 2.45. The van der Waals surface area contributed by atoms with E-state index >= 15 is 0 Å². The minimum Gasteiger partial charge on any atom is -0.351 e. The highest BCUT2D eigenvalue weighted by molar-refractivity contribution is 6.32. The van der Waals surface area contributed by atoms with Crippen LogP contribution in [0.3, 0.4) is 0 Å². The molecule has 2 amide bonds. The molecule has 2 rings (SSSR count). The SMILES string of the molecule is Cc1nc(-n2nccn2)c(Cl)cc1NC(N)=O. The van der Waals surface area contributed by atoms with Crippen LogP contribution in [0.4, 0.5) is 10.5 Å². The average Bonchev–Trinajstić information content (AvgIpc) is 2.75. The molecule has 3 N–H and O–H groups in total. The summed E-state index contributed by atoms with van der Waals surface area (Å²) >= 11 is 6.02. The second-order valence-corrected chi connectivity index (χ2v) is 3.64. The number of carbonyl (C=O) groups is 1. The smallest absolute Gasteiger partial charge is 0.316 e. The molecule has 0 bridgehead atoms. The van der Waals surface area contributed by atoms with Crippen LogP contribution in [-0.2, 0) is 0 Å². The Bertz CT molecular complexity index is 553. The summed E-state index contributed by atoms with van der Waals surface area (Å²) in [5.41, 5.74) is 6.05. The maximum Gasteiger partial charge on any atom is 0.316 e. The highest BCUT2D eigenvalue weighted by atomic mass is 35.5. The van der Waals surface area contributed by atoms with Gasteiger partial charge in [-0.2, -0.15) is 10.2 Å². The van der Waals surface area contributed by atoms with E-state index in [-0.39, 0.29) is 0 Å². The molecule has 0 saturated carbocycles. The highest BCUT2D eigenvalue weighted by Crippen LogP contribution is 2.23. The number of primary amides is 1. The van der Waals surface area contributed by atoms with Crippen molar-refractivity contribution in [2.24, 2.45) is 5.73 Å². The molecule has 0 fully saturated rings. The minimum absolute atomic E-state index is 0.315. The van der Waals surface area contributed by atoms with Gasteiger partial charge in [-0.05, 0) is 13.0 Å². The highest BCUT2D eigenvalue weighted by Gasteiger charge is 2.11. The molecular formula is C9H9ClN6O. The van der Waals surface area contributed by atoms with E-state index in [1.165, 1.54) is 17.2 Å². The fourth-order valence-corrected chi connectivity index (χ4v) is 1.52. The van der Waals surface area contributed by atoms with Gasteiger partial charge >= 0.3 is 6.03 Å². The van der Waals surface area contributed by atoms with Crippen molar-refractivity contribution in [3.63, 3.8) is 0 Å². The van der Waals surface area contributed by atoms with Gasteiger partial charge in [-0.1, -0.05) is 11.6 Å². The number of nitrogens with one attached hydrogen (secondary N) is 1. The number of amides is 2. The number of pyridine rings is 1. The molecule has 17 heavy (non-hydrogen) atoms. The molecule has 7 nitrogen and oxygen atoms in total. The van der Waals surface area contributed by atoms with E-state index in [4.69, 9.17) is 17.3 Å². The van der Waals surface area contributed by atoms with Crippen LogP contribution < -0.4 is 11.1 Å². The van der Waals surface area contributed by atoms with Crippen molar-refractivity contribution in [1.29, 1.82) is 0 Å². The van der Waals surface area contributed by atoms with Gasteiger partial charge in [0.1, 0.15) is 0 Å². The summed E-state index contributed by atoms with van der Waals surface area (Å²) < 4.78 is 0. The first-order valence-corrected chi connectivity index (χ1v) is 5.06. The first kappa shape index (κ1) is 11.3. The van der Waals surface area contributed by atoms with Gasteiger partial charge in [0.05, 0.1) is 28.8 Å². The topological polar surface area (TPSA) is 98.7 Å². The zero-order chi connectivity index (χ0) is 12.4. The molecule has 0 aromatic carbocycles. The van der Waals surface area contributed by atoms with Crippen LogP contribution in [0.1, 0.15) is 5.69 Å². The standard InChI is InChI=1S/C9H9ClN6O/c1-5-7(15-9(11)17)4-6(10)8(14-5)16-12-2-3-13-16/h2-4H,1H3,(H3,11,15,17). The van der Waals surface area contributed by atoms with Crippen LogP contribution >= 0.6 is 11.6 Å². The molecule has 0 unspecified atom stereocenters. The summed E-state index contributed by atoms with van der Waals surface area (Å²) in [5.74, 6) is 0.393. The molecule has 2 aromatic heterocycles. The van der Waals surface area contributed by atoms with E-state index in [1.807, 2.05) is 0 Å². The Kier molecular flexibility index (Phi) is 2.92. The van der Waals surface area contributed by atoms with Gasteiger partial charge in [0, 0.05) is 0 Å². The predicted molar refractivity (Wildman–Crippen MR) is 62.1 cm³/mol. The molecule has 0 saturated heterocycles. The normalized spacial score (nSPS) is 10.2. The van der Waals surface area contributed by atoms with Crippen LogP contribution in [0.15, 0.2) is 18.5 Å². The fraction of sp³-hybridized carbons (Fsp3) is 0.111. The number of nitrogens with two attached hydrogens (primary N) is 1. The van der Waals surface area contributed by atoms with Crippen molar-refractivity contribution < 1.29 is 4.79 Å². The summed E-state index contributed by atoms with van der Waals surface area (Å²) in [4.78, 5) is 16.3. The van der Waals surface area contributed by atoms with E-state index < -0.39 is 6.03 Å². The van der Waals surface area contributed by atoms with Gasteiger partial charge in [-0.15, -0.1) is 4.80 Å². The molecule has 0 aliphatic heterocycles. The number of hydrogen-bond acceptors (Lipinski definition) is 4. The minimum atomic E-state index is -0.670. The molecule has 0 radical (unpaired) electrons. The van der Waals surface area contributed by atoms with Crippen LogP contribution in [0.5, 0.6) is 0 Å². The van der Waals surface area contributed by atoms with Gasteiger partial charge in [0.25, 0.3) is 0 Å². The number of aryl methyl sites for hydroxylation is 1. The number of nitrogens with zero attached hydrogens (tertiary/aromatic N) is 4. The summed E-state index contributed by atoms with van der Waals surface area (Å²) in [5, 5.41) is 10.6. The van der Waals surface area contributed by atoms with Gasteiger partial charge in [-0.3, -0.25) is 0 Å². The quantitative estimate of drug-likeness (QED) is 0.836. The number of carbonyl (C=O) groups excluding carboxylic acids is 1. The average molecular weight is 253 g/mol. The monoisotopic (exact) mass is 252 g/mol. The Morgan fingerprint density at radius 1 is 1.47 bits per heavy atom. The van der Waals surface area contributed by atoms with Crippen molar-refractivity contribution >= 4 is 23.3 Å². The lowest BCUT2D eigenvalue weighted by Crippen LogP contribution is -2.20. The van der Waals surface area contributed by atoms with E-state index in [2.05, 4.69) is 20.5 Å².